The molecule has 0 N–H and O–H groups in total. The Morgan fingerprint density at radius 3 is 0.950 bits per heavy atom. The second-order valence-corrected chi connectivity index (χ2v) is 25.8. The fourth-order valence-electron chi connectivity index (χ4n) is 4.66. The van der Waals surface area contributed by atoms with E-state index in [1.165, 1.54) is 64.1 Å². The molecule has 4 aromatic rings. The SMILES string of the molecule is C=CI(CCCCI(C=C)CCP(c1ccccc1)c1ccccc1)CCP(c1ccccc1)c1ccccc1. The van der Waals surface area contributed by atoms with Crippen molar-refractivity contribution in [2.45, 2.75) is 12.8 Å². The van der Waals surface area contributed by atoms with Crippen LogP contribution in [0.15, 0.2) is 143 Å². The van der Waals surface area contributed by atoms with Crippen molar-refractivity contribution in [2.75, 3.05) is 30.0 Å². The summed E-state index contributed by atoms with van der Waals surface area (Å²) in [4.78, 5) is 0. The molecule has 0 spiro atoms. The molecule has 40 heavy (non-hydrogen) atoms. The van der Waals surface area contributed by atoms with Gasteiger partial charge in [-0.05, 0) is 0 Å². The second-order valence-electron chi connectivity index (χ2n) is 9.41. The van der Waals surface area contributed by atoms with Gasteiger partial charge in [0.05, 0.1) is 0 Å². The van der Waals surface area contributed by atoms with Gasteiger partial charge in [-0.2, -0.15) is 0 Å². The molecule has 0 atom stereocenters. The van der Waals surface area contributed by atoms with Gasteiger partial charge in [0.15, 0.2) is 0 Å². The molecule has 0 radical (unpaired) electrons. The Morgan fingerprint density at radius 2 is 0.700 bits per heavy atom. The van der Waals surface area contributed by atoms with Crippen LogP contribution in [0.1, 0.15) is 12.8 Å². The zero-order chi connectivity index (χ0) is 27.8. The number of hydrogen-bond donors (Lipinski definition) is 0. The summed E-state index contributed by atoms with van der Waals surface area (Å²) in [6.45, 7) is 8.59. The topological polar surface area (TPSA) is 0 Å². The Labute approximate surface area is 260 Å². The normalized spacial score (nSPS) is 11.8. The zero-order valence-corrected chi connectivity index (χ0v) is 29.5. The summed E-state index contributed by atoms with van der Waals surface area (Å²) in [5.41, 5.74) is 0. The molecular weight excluding hydrogens is 748 g/mol. The van der Waals surface area contributed by atoms with Crippen molar-refractivity contribution in [1.29, 1.82) is 0 Å². The van der Waals surface area contributed by atoms with Gasteiger partial charge in [0.25, 0.3) is 0 Å². The molecule has 0 nitrogen and oxygen atoms in total. The van der Waals surface area contributed by atoms with E-state index >= 15 is 0 Å². The maximum atomic E-state index is 4.29. The van der Waals surface area contributed by atoms with Gasteiger partial charge >= 0.3 is 262 Å². The van der Waals surface area contributed by atoms with E-state index in [0.717, 1.165) is 0 Å². The summed E-state index contributed by atoms with van der Waals surface area (Å²) in [6.07, 6.45) is 5.35. The van der Waals surface area contributed by atoms with Gasteiger partial charge in [-0.3, -0.25) is 0 Å². The first kappa shape index (κ1) is 31.6. The average molecular weight is 790 g/mol. The van der Waals surface area contributed by atoms with E-state index in [1.54, 1.807) is 0 Å². The number of benzene rings is 4. The van der Waals surface area contributed by atoms with Gasteiger partial charge in [-0.25, -0.2) is 0 Å². The molecule has 210 valence electrons. The van der Waals surface area contributed by atoms with E-state index < -0.39 is 39.6 Å². The summed E-state index contributed by atoms with van der Waals surface area (Å²) < 4.78 is 10.4. The van der Waals surface area contributed by atoms with Crippen molar-refractivity contribution in [3.63, 3.8) is 0 Å². The first-order valence-corrected chi connectivity index (χ1v) is 25.6. The molecule has 0 aliphatic heterocycles. The Balaban J connectivity index is 1.26. The van der Waals surface area contributed by atoms with Gasteiger partial charge in [0.1, 0.15) is 0 Å². The molecule has 0 amide bonds. The second kappa shape index (κ2) is 18.3. The van der Waals surface area contributed by atoms with Crippen LogP contribution in [0.4, 0.5) is 0 Å². The van der Waals surface area contributed by atoms with E-state index in [0.29, 0.717) is 0 Å². The molecule has 0 aliphatic carbocycles. The van der Waals surface area contributed by atoms with E-state index in [-0.39, 0.29) is 15.8 Å². The summed E-state index contributed by atoms with van der Waals surface area (Å²) in [5, 5.41) is 6.04. The Morgan fingerprint density at radius 1 is 0.425 bits per heavy atom. The summed E-state index contributed by atoms with van der Waals surface area (Å²) in [5.74, 6) is 0. The molecular formula is C36H42I2P2. The number of alkyl halides is 4. The molecule has 4 aromatic carbocycles. The molecule has 0 aliphatic rings. The van der Waals surface area contributed by atoms with Crippen LogP contribution in [-0.4, -0.2) is 30.0 Å². The Bertz CT molecular complexity index is 1070. The predicted octanol–water partition coefficient (Wildman–Crippen LogP) is 9.33. The van der Waals surface area contributed by atoms with Crippen LogP contribution in [0.2, 0.25) is 0 Å². The number of rotatable bonds is 17. The predicted molar refractivity (Wildman–Crippen MR) is 205 cm³/mol. The summed E-state index contributed by atoms with van der Waals surface area (Å²) in [6, 6.07) is 44.7. The quantitative estimate of drug-likeness (QED) is 0.0433. The Hall–Kier alpha value is -1.32. The van der Waals surface area contributed by atoms with Crippen LogP contribution in [-0.2, 0) is 0 Å². The van der Waals surface area contributed by atoms with E-state index in [4.69, 9.17) is 0 Å². The molecule has 4 rings (SSSR count). The number of hydrogen-bond acceptors (Lipinski definition) is 0. The molecule has 0 unspecified atom stereocenters. The molecule has 0 saturated carbocycles. The molecule has 0 heterocycles. The van der Waals surface area contributed by atoms with Gasteiger partial charge < -0.3 is 0 Å². The molecule has 0 aromatic heterocycles. The van der Waals surface area contributed by atoms with Crippen LogP contribution in [0.5, 0.6) is 0 Å². The minimum atomic E-state index is -1.12. The average Bonchev–Trinajstić information content (AvgIpc) is 3.03. The fourth-order valence-corrected chi connectivity index (χ4v) is 21.7. The molecule has 0 saturated heterocycles. The van der Waals surface area contributed by atoms with Crippen LogP contribution in [0.25, 0.3) is 0 Å². The Kier molecular flexibility index (Phi) is 14.4. The van der Waals surface area contributed by atoms with E-state index in [2.05, 4.69) is 143 Å². The third-order valence-corrected chi connectivity index (χ3v) is 24.2. The zero-order valence-electron chi connectivity index (χ0n) is 23.4. The van der Waals surface area contributed by atoms with Gasteiger partial charge in [-0.1, -0.05) is 0 Å². The third-order valence-electron chi connectivity index (χ3n) is 6.81. The van der Waals surface area contributed by atoms with Gasteiger partial charge in [0, 0.05) is 0 Å². The summed E-state index contributed by atoms with van der Waals surface area (Å²) >= 11 is -2.25. The molecule has 0 bridgehead atoms. The van der Waals surface area contributed by atoms with Gasteiger partial charge in [-0.15, -0.1) is 0 Å². The van der Waals surface area contributed by atoms with Crippen molar-refractivity contribution in [3.8, 4) is 0 Å². The van der Waals surface area contributed by atoms with Crippen LogP contribution in [0.3, 0.4) is 0 Å². The summed E-state index contributed by atoms with van der Waals surface area (Å²) in [7, 11) is -0.566. The monoisotopic (exact) mass is 790 g/mol. The van der Waals surface area contributed by atoms with Crippen molar-refractivity contribution < 1.29 is 0 Å². The van der Waals surface area contributed by atoms with Crippen LogP contribution in [0, 0.1) is 0 Å². The minimum absolute atomic E-state index is 0.283. The van der Waals surface area contributed by atoms with E-state index in [9.17, 15) is 0 Å². The van der Waals surface area contributed by atoms with Gasteiger partial charge in [0.2, 0.25) is 0 Å². The third kappa shape index (κ3) is 10.2. The first-order valence-electron chi connectivity index (χ1n) is 14.0. The number of halogens is 2. The number of unbranched alkanes of at least 4 members (excludes halogenated alkanes) is 1. The van der Waals surface area contributed by atoms with E-state index in [1.807, 2.05) is 0 Å². The van der Waals surface area contributed by atoms with Crippen LogP contribution >= 0.6 is 55.5 Å². The van der Waals surface area contributed by atoms with Crippen LogP contribution < -0.4 is 21.2 Å². The fraction of sp³-hybridized carbons (Fsp3) is 0.222. The van der Waals surface area contributed by atoms with Crippen molar-refractivity contribution >= 4 is 76.7 Å². The van der Waals surface area contributed by atoms with Crippen molar-refractivity contribution in [1.82, 2.24) is 0 Å². The molecule has 0 fully saturated rings. The standard InChI is InChI=1S/C36H42I2P2/c1-3-37(29-31-39(33-19-9-5-10-20-33)34-21-11-6-12-22-34)27-17-18-28-38(4-2)30-32-40(35-23-13-7-14-24-35)36-25-15-8-16-26-36/h3-16,19-26H,1-2,17-18,27-32H2. The van der Waals surface area contributed by atoms with Crippen molar-refractivity contribution in [3.05, 3.63) is 143 Å². The van der Waals surface area contributed by atoms with Crippen molar-refractivity contribution in [2.24, 2.45) is 0 Å². The maximum absolute atomic E-state index is 4.29. The first-order chi connectivity index (χ1) is 19.8. The molecule has 4 heteroatoms.